The van der Waals surface area contributed by atoms with E-state index in [4.69, 9.17) is 5.11 Å². The molecule has 2 aliphatic carbocycles. The average Bonchev–Trinajstić information content (AvgIpc) is 2.58. The summed E-state index contributed by atoms with van der Waals surface area (Å²) in [7, 11) is 0. The van der Waals surface area contributed by atoms with E-state index in [9.17, 15) is 9.90 Å². The Morgan fingerprint density at radius 1 is 0.913 bits per heavy atom. The molecule has 2 aromatic rings. The summed E-state index contributed by atoms with van der Waals surface area (Å²) in [5.41, 5.74) is 2.79. The molecule has 2 aromatic carbocycles. The number of hydrogen-bond acceptors (Lipinski definition) is 2. The van der Waals surface area contributed by atoms with Gasteiger partial charge in [0.2, 0.25) is 0 Å². The van der Waals surface area contributed by atoms with Crippen LogP contribution >= 0.6 is 0 Å². The van der Waals surface area contributed by atoms with Gasteiger partial charge in [0.15, 0.2) is 0 Å². The Bertz CT molecular complexity index is 716. The monoisotopic (exact) mass is 308 g/mol. The summed E-state index contributed by atoms with van der Waals surface area (Å²) in [6, 6.07) is 15.0. The summed E-state index contributed by atoms with van der Waals surface area (Å²) < 4.78 is 0. The van der Waals surface area contributed by atoms with Crippen molar-refractivity contribution in [2.75, 3.05) is 0 Å². The van der Waals surface area contributed by atoms with E-state index in [0.717, 1.165) is 0 Å². The predicted molar refractivity (Wildman–Crippen MR) is 87.7 cm³/mol. The molecule has 0 aromatic heterocycles. The number of carboxylic acids is 1. The number of carboxylic acid groups (broad SMARTS) is 1. The van der Waals surface area contributed by atoms with E-state index in [2.05, 4.69) is 0 Å². The molecule has 0 saturated heterocycles. The van der Waals surface area contributed by atoms with Crippen LogP contribution in [0.5, 0.6) is 5.75 Å². The first-order valence-electron chi connectivity index (χ1n) is 8.25. The molecule has 23 heavy (non-hydrogen) atoms. The average molecular weight is 308 g/mol. The van der Waals surface area contributed by atoms with Crippen LogP contribution in [0.3, 0.4) is 0 Å². The minimum atomic E-state index is -0.885. The van der Waals surface area contributed by atoms with Gasteiger partial charge in [-0.2, -0.15) is 0 Å². The number of fused-ring (bicyclic) bond motifs is 2. The molecule has 0 spiro atoms. The van der Waals surface area contributed by atoms with Gasteiger partial charge in [-0.25, -0.2) is 4.79 Å². The van der Waals surface area contributed by atoms with Crippen molar-refractivity contribution in [1.82, 2.24) is 0 Å². The summed E-state index contributed by atoms with van der Waals surface area (Å²) in [5.74, 6) is 0.626. The Labute approximate surface area is 135 Å². The normalized spacial score (nSPS) is 28.9. The minimum absolute atomic E-state index is 0.0109. The summed E-state index contributed by atoms with van der Waals surface area (Å²) in [6.45, 7) is 0. The lowest BCUT2D eigenvalue weighted by atomic mass is 9.43. The minimum Gasteiger partial charge on any atom is -0.508 e. The number of carbonyl (C=O) groups is 1. The molecule has 2 saturated carbocycles. The zero-order valence-electron chi connectivity index (χ0n) is 12.9. The molecule has 118 valence electrons. The second-order valence-electron chi connectivity index (χ2n) is 6.86. The quantitative estimate of drug-likeness (QED) is 0.893. The number of hydrogen-bond donors (Lipinski definition) is 2. The molecule has 0 aliphatic heterocycles. The van der Waals surface area contributed by atoms with Gasteiger partial charge in [-0.1, -0.05) is 30.7 Å². The third-order valence-corrected chi connectivity index (χ3v) is 5.92. The lowest BCUT2D eigenvalue weighted by molar-refractivity contribution is 0.00530. The zero-order chi connectivity index (χ0) is 16.0. The fourth-order valence-corrected chi connectivity index (χ4v) is 4.93. The van der Waals surface area contributed by atoms with Crippen LogP contribution < -0.4 is 0 Å². The van der Waals surface area contributed by atoms with Crippen LogP contribution in [0.15, 0.2) is 48.5 Å². The van der Waals surface area contributed by atoms with Crippen molar-refractivity contribution in [2.45, 2.75) is 31.1 Å². The third-order valence-electron chi connectivity index (χ3n) is 5.92. The maximum Gasteiger partial charge on any atom is 0.335 e. The molecular formula is C20H20O3. The standard InChI is InChI=1S/C20H20O3/c21-18-10-8-15(9-11-18)20(16-2-1-3-17(20)12-16)14-6-4-13(5-7-14)19(22)23/h4-11,16-17,21H,1-3,12H2,(H,22,23). The van der Waals surface area contributed by atoms with Crippen LogP contribution in [0.2, 0.25) is 0 Å². The molecule has 0 amide bonds. The molecule has 2 unspecified atom stereocenters. The van der Waals surface area contributed by atoms with Crippen LogP contribution in [0.1, 0.15) is 47.2 Å². The van der Waals surface area contributed by atoms with Gasteiger partial charge in [0.1, 0.15) is 5.75 Å². The molecule has 2 fully saturated rings. The van der Waals surface area contributed by atoms with Crippen molar-refractivity contribution < 1.29 is 15.0 Å². The highest BCUT2D eigenvalue weighted by Crippen LogP contribution is 2.63. The van der Waals surface area contributed by atoms with E-state index < -0.39 is 5.97 Å². The van der Waals surface area contributed by atoms with Gasteiger partial charge in [-0.3, -0.25) is 0 Å². The second-order valence-corrected chi connectivity index (χ2v) is 6.86. The van der Waals surface area contributed by atoms with Gasteiger partial charge >= 0.3 is 5.97 Å². The first-order valence-corrected chi connectivity index (χ1v) is 8.25. The summed E-state index contributed by atoms with van der Waals surface area (Å²) in [4.78, 5) is 11.1. The number of rotatable bonds is 3. The van der Waals surface area contributed by atoms with Crippen molar-refractivity contribution in [2.24, 2.45) is 11.8 Å². The lowest BCUT2D eigenvalue weighted by Gasteiger charge is -2.61. The van der Waals surface area contributed by atoms with Crippen LogP contribution in [-0.4, -0.2) is 16.2 Å². The maximum atomic E-state index is 11.1. The van der Waals surface area contributed by atoms with Crippen LogP contribution in [0.4, 0.5) is 0 Å². The highest BCUT2D eigenvalue weighted by molar-refractivity contribution is 5.87. The van der Waals surface area contributed by atoms with E-state index in [1.165, 1.54) is 36.8 Å². The number of aromatic hydroxyl groups is 1. The predicted octanol–water partition coefficient (Wildman–Crippen LogP) is 4.20. The van der Waals surface area contributed by atoms with Crippen molar-refractivity contribution >= 4 is 5.97 Å². The Hall–Kier alpha value is -2.29. The highest BCUT2D eigenvalue weighted by atomic mass is 16.4. The Kier molecular flexibility index (Phi) is 3.19. The van der Waals surface area contributed by atoms with Gasteiger partial charge < -0.3 is 10.2 Å². The molecule has 2 aliphatic rings. The van der Waals surface area contributed by atoms with E-state index >= 15 is 0 Å². The smallest absolute Gasteiger partial charge is 0.335 e. The SMILES string of the molecule is O=C(O)c1ccc(C2(c3ccc(O)cc3)C3CCCC2C3)cc1. The molecule has 2 N–H and O–H groups in total. The van der Waals surface area contributed by atoms with Crippen LogP contribution in [-0.2, 0) is 5.41 Å². The number of benzene rings is 2. The zero-order valence-corrected chi connectivity index (χ0v) is 12.9. The van der Waals surface area contributed by atoms with Crippen LogP contribution in [0, 0.1) is 11.8 Å². The summed E-state index contributed by atoms with van der Waals surface area (Å²) in [5, 5.41) is 18.7. The molecule has 3 heteroatoms. The van der Waals surface area contributed by atoms with E-state index in [-0.39, 0.29) is 11.2 Å². The molecule has 2 atom stereocenters. The Morgan fingerprint density at radius 3 is 1.91 bits per heavy atom. The first kappa shape index (κ1) is 14.3. The molecule has 3 nitrogen and oxygen atoms in total. The Balaban J connectivity index is 1.83. The van der Waals surface area contributed by atoms with E-state index in [1.54, 1.807) is 24.3 Å². The topological polar surface area (TPSA) is 57.5 Å². The van der Waals surface area contributed by atoms with Gasteiger partial charge in [0.05, 0.1) is 5.56 Å². The first-order chi connectivity index (χ1) is 11.1. The third kappa shape index (κ3) is 1.99. The second kappa shape index (κ2) is 5.12. The van der Waals surface area contributed by atoms with Gasteiger partial charge in [-0.05, 0) is 66.5 Å². The van der Waals surface area contributed by atoms with Gasteiger partial charge in [0, 0.05) is 5.41 Å². The Morgan fingerprint density at radius 2 is 1.43 bits per heavy atom. The van der Waals surface area contributed by atoms with Gasteiger partial charge in [0.25, 0.3) is 0 Å². The fourth-order valence-electron chi connectivity index (χ4n) is 4.93. The van der Waals surface area contributed by atoms with Crippen molar-refractivity contribution in [3.63, 3.8) is 0 Å². The fraction of sp³-hybridized carbons (Fsp3) is 0.350. The van der Waals surface area contributed by atoms with Crippen LogP contribution in [0.25, 0.3) is 0 Å². The summed E-state index contributed by atoms with van der Waals surface area (Å²) >= 11 is 0. The molecule has 0 heterocycles. The van der Waals surface area contributed by atoms with Crippen molar-refractivity contribution in [1.29, 1.82) is 0 Å². The lowest BCUT2D eigenvalue weighted by Crippen LogP contribution is -2.56. The van der Waals surface area contributed by atoms with E-state index in [1.807, 2.05) is 24.3 Å². The van der Waals surface area contributed by atoms with E-state index in [0.29, 0.717) is 17.4 Å². The van der Waals surface area contributed by atoms with Crippen molar-refractivity contribution in [3.8, 4) is 5.75 Å². The maximum absolute atomic E-state index is 11.1. The number of phenols is 1. The molecule has 4 rings (SSSR count). The molecule has 0 radical (unpaired) electrons. The summed E-state index contributed by atoms with van der Waals surface area (Å²) in [6.07, 6.45) is 4.97. The van der Waals surface area contributed by atoms with Crippen molar-refractivity contribution in [3.05, 3.63) is 65.2 Å². The van der Waals surface area contributed by atoms with Gasteiger partial charge in [-0.15, -0.1) is 0 Å². The molecule has 2 bridgehead atoms. The number of aromatic carboxylic acids is 1. The molecular weight excluding hydrogens is 288 g/mol. The highest BCUT2D eigenvalue weighted by Gasteiger charge is 2.58. The number of phenolic OH excluding ortho intramolecular Hbond substituents is 1. The largest absolute Gasteiger partial charge is 0.508 e.